The summed E-state index contributed by atoms with van der Waals surface area (Å²) < 4.78 is 5.45. The lowest BCUT2D eigenvalue weighted by Crippen LogP contribution is -2.49. The van der Waals surface area contributed by atoms with E-state index in [2.05, 4.69) is 63.3 Å². The molecular formula is C21H38IN7O. The molecule has 2 aliphatic heterocycles. The zero-order valence-corrected chi connectivity index (χ0v) is 21.0. The van der Waals surface area contributed by atoms with E-state index in [1.165, 1.54) is 5.56 Å². The standard InChI is InChI=1S/C21H37N7O.HI/c1-4-22-21(24-16-18(2)27-11-13-29-14-12-27)25-17-19-5-6-23-20(15-19)28-9-7-26(3)8-10-28;/h5-6,15,18H,4,7-14,16-17H2,1-3H3,(H2,22,24,25);1H. The van der Waals surface area contributed by atoms with Gasteiger partial charge >= 0.3 is 0 Å². The van der Waals surface area contributed by atoms with Gasteiger partial charge in [-0.05, 0) is 38.6 Å². The van der Waals surface area contributed by atoms with Crippen LogP contribution < -0.4 is 15.5 Å². The van der Waals surface area contributed by atoms with Gasteiger partial charge in [0.2, 0.25) is 0 Å². The molecule has 8 nitrogen and oxygen atoms in total. The Kier molecular flexibility index (Phi) is 11.1. The topological polar surface area (TPSA) is 68.3 Å². The van der Waals surface area contributed by atoms with Crippen LogP contribution in [0.3, 0.4) is 0 Å². The lowest BCUT2D eigenvalue weighted by molar-refractivity contribution is 0.0211. The third-order valence-corrected chi connectivity index (χ3v) is 5.64. The fourth-order valence-corrected chi connectivity index (χ4v) is 3.67. The van der Waals surface area contributed by atoms with Crippen LogP contribution in [0.15, 0.2) is 23.3 Å². The number of nitrogens with zero attached hydrogens (tertiary/aromatic N) is 5. The molecule has 0 radical (unpaired) electrons. The molecule has 2 fully saturated rings. The SMILES string of the molecule is CCNC(=NCc1ccnc(N2CCN(C)CC2)c1)NCC(C)N1CCOCC1.I. The van der Waals surface area contributed by atoms with Crippen LogP contribution in [0.2, 0.25) is 0 Å². The lowest BCUT2D eigenvalue weighted by atomic mass is 10.2. The first-order valence-corrected chi connectivity index (χ1v) is 10.9. The number of rotatable bonds is 7. The predicted molar refractivity (Wildman–Crippen MR) is 134 cm³/mol. The van der Waals surface area contributed by atoms with Crippen molar-refractivity contribution in [3.05, 3.63) is 23.9 Å². The smallest absolute Gasteiger partial charge is 0.191 e. The number of anilines is 1. The van der Waals surface area contributed by atoms with Crippen molar-refractivity contribution in [3.8, 4) is 0 Å². The first-order chi connectivity index (χ1) is 14.2. The number of nitrogens with one attached hydrogen (secondary N) is 2. The number of guanidine groups is 1. The maximum Gasteiger partial charge on any atom is 0.191 e. The molecule has 2 N–H and O–H groups in total. The summed E-state index contributed by atoms with van der Waals surface area (Å²) in [6.07, 6.45) is 1.90. The highest BCUT2D eigenvalue weighted by molar-refractivity contribution is 14.0. The van der Waals surface area contributed by atoms with E-state index in [0.29, 0.717) is 12.6 Å². The minimum Gasteiger partial charge on any atom is -0.379 e. The number of ether oxygens (including phenoxy) is 1. The largest absolute Gasteiger partial charge is 0.379 e. The van der Waals surface area contributed by atoms with Crippen LogP contribution in [0.4, 0.5) is 5.82 Å². The molecule has 1 atom stereocenters. The summed E-state index contributed by atoms with van der Waals surface area (Å²) in [4.78, 5) is 16.6. The molecule has 2 saturated heterocycles. The van der Waals surface area contributed by atoms with E-state index in [-0.39, 0.29) is 24.0 Å². The Morgan fingerprint density at radius 2 is 1.90 bits per heavy atom. The zero-order valence-electron chi connectivity index (χ0n) is 18.6. The fourth-order valence-electron chi connectivity index (χ4n) is 3.67. The summed E-state index contributed by atoms with van der Waals surface area (Å²) in [5.41, 5.74) is 1.19. The summed E-state index contributed by atoms with van der Waals surface area (Å²) in [7, 11) is 2.17. The molecule has 170 valence electrons. The average molecular weight is 531 g/mol. The maximum atomic E-state index is 5.45. The third-order valence-electron chi connectivity index (χ3n) is 5.64. The lowest BCUT2D eigenvalue weighted by Gasteiger charge is -2.33. The molecule has 0 bridgehead atoms. The number of pyridine rings is 1. The van der Waals surface area contributed by atoms with Crippen molar-refractivity contribution < 1.29 is 4.74 Å². The van der Waals surface area contributed by atoms with Crippen LogP contribution in [0.5, 0.6) is 0 Å². The van der Waals surface area contributed by atoms with Crippen molar-refractivity contribution in [2.75, 3.05) is 77.5 Å². The number of likely N-dealkylation sites (N-methyl/N-ethyl adjacent to an activating group) is 1. The van der Waals surface area contributed by atoms with Crippen LogP contribution in [0, 0.1) is 0 Å². The Hall–Kier alpha value is -1.17. The van der Waals surface area contributed by atoms with Gasteiger partial charge in [0.25, 0.3) is 0 Å². The van der Waals surface area contributed by atoms with E-state index in [1.807, 2.05) is 6.20 Å². The number of hydrogen-bond donors (Lipinski definition) is 2. The number of piperazine rings is 1. The summed E-state index contributed by atoms with van der Waals surface area (Å²) >= 11 is 0. The Morgan fingerprint density at radius 1 is 1.17 bits per heavy atom. The van der Waals surface area contributed by atoms with E-state index in [4.69, 9.17) is 9.73 Å². The number of aliphatic imine (C=N–C) groups is 1. The molecular weight excluding hydrogens is 493 g/mol. The van der Waals surface area contributed by atoms with Crippen molar-refractivity contribution in [2.24, 2.45) is 4.99 Å². The van der Waals surface area contributed by atoms with E-state index < -0.39 is 0 Å². The van der Waals surface area contributed by atoms with Crippen molar-refractivity contribution in [2.45, 2.75) is 26.4 Å². The molecule has 30 heavy (non-hydrogen) atoms. The Morgan fingerprint density at radius 3 is 2.60 bits per heavy atom. The van der Waals surface area contributed by atoms with Gasteiger partial charge in [-0.1, -0.05) is 0 Å². The minimum atomic E-state index is 0. The first kappa shape index (κ1) is 25.1. The van der Waals surface area contributed by atoms with Gasteiger partial charge in [-0.3, -0.25) is 4.90 Å². The normalized spacial score (nSPS) is 19.8. The van der Waals surface area contributed by atoms with Crippen molar-refractivity contribution in [1.82, 2.24) is 25.4 Å². The van der Waals surface area contributed by atoms with Gasteiger partial charge in [0, 0.05) is 64.6 Å². The van der Waals surface area contributed by atoms with E-state index in [0.717, 1.165) is 77.3 Å². The van der Waals surface area contributed by atoms with Crippen molar-refractivity contribution in [1.29, 1.82) is 0 Å². The highest BCUT2D eigenvalue weighted by Crippen LogP contribution is 2.15. The van der Waals surface area contributed by atoms with Crippen LogP contribution in [0.1, 0.15) is 19.4 Å². The van der Waals surface area contributed by atoms with Gasteiger partial charge in [0.1, 0.15) is 5.82 Å². The number of halogens is 1. The Labute approximate surface area is 198 Å². The Balaban J connectivity index is 0.00000320. The molecule has 0 amide bonds. The van der Waals surface area contributed by atoms with Crippen LogP contribution >= 0.6 is 24.0 Å². The number of morpholine rings is 1. The van der Waals surface area contributed by atoms with Crippen molar-refractivity contribution >= 4 is 35.8 Å². The van der Waals surface area contributed by atoms with Gasteiger partial charge in [-0.25, -0.2) is 9.98 Å². The van der Waals surface area contributed by atoms with E-state index in [9.17, 15) is 0 Å². The van der Waals surface area contributed by atoms with Gasteiger partial charge in [-0.15, -0.1) is 24.0 Å². The van der Waals surface area contributed by atoms with Crippen LogP contribution in [0.25, 0.3) is 0 Å². The van der Waals surface area contributed by atoms with Crippen LogP contribution in [-0.2, 0) is 11.3 Å². The molecule has 1 unspecified atom stereocenters. The third kappa shape index (κ3) is 7.82. The monoisotopic (exact) mass is 531 g/mol. The summed E-state index contributed by atoms with van der Waals surface area (Å²) in [5, 5.41) is 6.85. The predicted octanol–water partition coefficient (Wildman–Crippen LogP) is 1.23. The quantitative estimate of drug-likeness (QED) is 0.312. The number of hydrogen-bond acceptors (Lipinski definition) is 6. The summed E-state index contributed by atoms with van der Waals surface area (Å²) in [5.74, 6) is 1.93. The second kappa shape index (κ2) is 13.3. The van der Waals surface area contributed by atoms with Gasteiger partial charge in [0.15, 0.2) is 5.96 Å². The minimum absolute atomic E-state index is 0. The fraction of sp³-hybridized carbons (Fsp3) is 0.714. The van der Waals surface area contributed by atoms with Crippen molar-refractivity contribution in [3.63, 3.8) is 0 Å². The molecule has 0 aromatic carbocycles. The molecule has 0 spiro atoms. The molecule has 9 heteroatoms. The van der Waals surface area contributed by atoms with Gasteiger partial charge < -0.3 is 25.2 Å². The molecule has 0 saturated carbocycles. The molecule has 1 aromatic rings. The molecule has 3 rings (SSSR count). The maximum absolute atomic E-state index is 5.45. The average Bonchev–Trinajstić information content (AvgIpc) is 2.77. The number of aromatic nitrogens is 1. The first-order valence-electron chi connectivity index (χ1n) is 10.9. The highest BCUT2D eigenvalue weighted by Gasteiger charge is 2.17. The molecule has 2 aliphatic rings. The summed E-state index contributed by atoms with van der Waals surface area (Å²) in [6, 6.07) is 4.69. The van der Waals surface area contributed by atoms with Gasteiger partial charge in [-0.2, -0.15) is 0 Å². The second-order valence-electron chi connectivity index (χ2n) is 7.89. The van der Waals surface area contributed by atoms with E-state index >= 15 is 0 Å². The zero-order chi connectivity index (χ0) is 20.5. The molecule has 3 heterocycles. The molecule has 1 aromatic heterocycles. The summed E-state index contributed by atoms with van der Waals surface area (Å²) in [6.45, 7) is 14.6. The van der Waals surface area contributed by atoms with E-state index in [1.54, 1.807) is 0 Å². The van der Waals surface area contributed by atoms with Crippen LogP contribution in [-0.4, -0.2) is 99.4 Å². The second-order valence-corrected chi connectivity index (χ2v) is 7.89. The van der Waals surface area contributed by atoms with Gasteiger partial charge in [0.05, 0.1) is 19.8 Å². The highest BCUT2D eigenvalue weighted by atomic mass is 127. The Bertz CT molecular complexity index is 646. The molecule has 0 aliphatic carbocycles.